The Bertz CT molecular complexity index is 456. The third kappa shape index (κ3) is 3.54. The fourth-order valence-corrected chi connectivity index (χ4v) is 3.19. The van der Waals surface area contributed by atoms with Crippen LogP contribution in [-0.4, -0.2) is 38.5 Å². The highest BCUT2D eigenvalue weighted by Crippen LogP contribution is 2.26. The lowest BCUT2D eigenvalue weighted by atomic mass is 9.98. The second-order valence-corrected chi connectivity index (χ2v) is 6.38. The zero-order chi connectivity index (χ0) is 14.8. The van der Waals surface area contributed by atoms with E-state index >= 15 is 0 Å². The average Bonchev–Trinajstić information content (AvgIpc) is 2.60. The Hall–Kier alpha value is -0.580. The fourth-order valence-electron chi connectivity index (χ4n) is 2.86. The lowest BCUT2D eigenvalue weighted by Gasteiger charge is -2.22. The summed E-state index contributed by atoms with van der Waals surface area (Å²) in [7, 11) is 0. The number of aliphatic hydroxyl groups is 1. The van der Waals surface area contributed by atoms with Crippen LogP contribution in [0.3, 0.4) is 0 Å². The molecule has 5 heteroatoms. The standard InChI is InChI=1S/C15H26ClN3O/c1-4-12-14(16)13(19(5-2)17-12)11-18-9-6-7-15(3,20)8-10-18/h20H,4-11H2,1-3H3. The van der Waals surface area contributed by atoms with Crippen LogP contribution in [0, 0.1) is 0 Å². The molecular formula is C15H26ClN3O. The number of likely N-dealkylation sites (tertiary alicyclic amines) is 1. The number of nitrogens with zero attached hydrogens (tertiary/aromatic N) is 3. The van der Waals surface area contributed by atoms with Crippen molar-refractivity contribution in [2.24, 2.45) is 0 Å². The zero-order valence-corrected chi connectivity index (χ0v) is 13.6. The molecule has 0 radical (unpaired) electrons. The van der Waals surface area contributed by atoms with Gasteiger partial charge in [-0.15, -0.1) is 0 Å². The lowest BCUT2D eigenvalue weighted by molar-refractivity contribution is 0.0443. The van der Waals surface area contributed by atoms with E-state index in [4.69, 9.17) is 11.6 Å². The normalized spacial score (nSPS) is 24.9. The van der Waals surface area contributed by atoms with Gasteiger partial charge in [0.05, 0.1) is 22.0 Å². The SMILES string of the molecule is CCc1nn(CC)c(CN2CCCC(C)(O)CC2)c1Cl. The van der Waals surface area contributed by atoms with E-state index in [1.165, 1.54) is 0 Å². The van der Waals surface area contributed by atoms with Crippen molar-refractivity contribution in [3.8, 4) is 0 Å². The van der Waals surface area contributed by atoms with E-state index in [2.05, 4.69) is 23.8 Å². The summed E-state index contributed by atoms with van der Waals surface area (Å²) in [6.07, 6.45) is 3.61. The lowest BCUT2D eigenvalue weighted by Crippen LogP contribution is -2.29. The minimum Gasteiger partial charge on any atom is -0.390 e. The third-order valence-electron chi connectivity index (χ3n) is 4.22. The van der Waals surface area contributed by atoms with Crippen LogP contribution >= 0.6 is 11.6 Å². The van der Waals surface area contributed by atoms with E-state index in [-0.39, 0.29) is 0 Å². The second-order valence-electron chi connectivity index (χ2n) is 6.00. The molecule has 0 aromatic carbocycles. The van der Waals surface area contributed by atoms with Crippen LogP contribution in [-0.2, 0) is 19.5 Å². The van der Waals surface area contributed by atoms with E-state index < -0.39 is 5.60 Å². The maximum absolute atomic E-state index is 10.2. The van der Waals surface area contributed by atoms with Crippen LogP contribution in [0.1, 0.15) is 51.4 Å². The Balaban J connectivity index is 2.11. The molecule has 1 aliphatic rings. The molecule has 4 nitrogen and oxygen atoms in total. The van der Waals surface area contributed by atoms with Gasteiger partial charge in [0.2, 0.25) is 0 Å². The first kappa shape index (κ1) is 15.8. The quantitative estimate of drug-likeness (QED) is 0.929. The average molecular weight is 300 g/mol. The summed E-state index contributed by atoms with van der Waals surface area (Å²) in [5.41, 5.74) is 1.59. The predicted octanol–water partition coefficient (Wildman–Crippen LogP) is 2.86. The van der Waals surface area contributed by atoms with Gasteiger partial charge < -0.3 is 5.11 Å². The molecule has 2 heterocycles. The van der Waals surface area contributed by atoms with Gasteiger partial charge in [-0.1, -0.05) is 18.5 Å². The summed E-state index contributed by atoms with van der Waals surface area (Å²) in [4.78, 5) is 2.38. The maximum atomic E-state index is 10.2. The van der Waals surface area contributed by atoms with Gasteiger partial charge in [0.25, 0.3) is 0 Å². The maximum Gasteiger partial charge on any atom is 0.0863 e. The van der Waals surface area contributed by atoms with E-state index in [9.17, 15) is 5.11 Å². The third-order valence-corrected chi connectivity index (χ3v) is 4.66. The first-order valence-corrected chi connectivity index (χ1v) is 8.03. The predicted molar refractivity (Wildman–Crippen MR) is 82.0 cm³/mol. The molecular weight excluding hydrogens is 274 g/mol. The summed E-state index contributed by atoms with van der Waals surface area (Å²) < 4.78 is 2.02. The Labute approximate surface area is 126 Å². The van der Waals surface area contributed by atoms with Gasteiger partial charge in [0, 0.05) is 19.6 Å². The van der Waals surface area contributed by atoms with Gasteiger partial charge in [-0.3, -0.25) is 9.58 Å². The Kier molecular flexibility index (Phi) is 5.10. The van der Waals surface area contributed by atoms with Gasteiger partial charge in [0.1, 0.15) is 0 Å². The molecule has 1 unspecified atom stereocenters. The molecule has 1 aliphatic heterocycles. The van der Waals surface area contributed by atoms with Crippen LogP contribution in [0.4, 0.5) is 0 Å². The summed E-state index contributed by atoms with van der Waals surface area (Å²) in [6, 6.07) is 0. The van der Waals surface area contributed by atoms with Crippen molar-refractivity contribution in [2.75, 3.05) is 13.1 Å². The highest BCUT2D eigenvalue weighted by Gasteiger charge is 2.26. The Morgan fingerprint density at radius 3 is 2.70 bits per heavy atom. The fraction of sp³-hybridized carbons (Fsp3) is 0.800. The summed E-state index contributed by atoms with van der Waals surface area (Å²) in [5.74, 6) is 0. The smallest absolute Gasteiger partial charge is 0.0863 e. The molecule has 114 valence electrons. The molecule has 0 amide bonds. The molecule has 1 fully saturated rings. The minimum atomic E-state index is -0.516. The molecule has 20 heavy (non-hydrogen) atoms. The summed E-state index contributed by atoms with van der Waals surface area (Å²) >= 11 is 6.47. The van der Waals surface area contributed by atoms with Crippen LogP contribution in [0.15, 0.2) is 0 Å². The van der Waals surface area contributed by atoms with Crippen LogP contribution < -0.4 is 0 Å². The molecule has 0 aliphatic carbocycles. The Morgan fingerprint density at radius 1 is 1.30 bits per heavy atom. The molecule has 0 bridgehead atoms. The second kappa shape index (κ2) is 6.46. The topological polar surface area (TPSA) is 41.3 Å². The van der Waals surface area contributed by atoms with Crippen molar-refractivity contribution in [1.29, 1.82) is 0 Å². The van der Waals surface area contributed by atoms with Crippen molar-refractivity contribution >= 4 is 11.6 Å². The summed E-state index contributed by atoms with van der Waals surface area (Å²) in [5, 5.41) is 15.6. The number of hydrogen-bond acceptors (Lipinski definition) is 3. The molecule has 1 saturated heterocycles. The van der Waals surface area contributed by atoms with Crippen molar-refractivity contribution in [2.45, 2.75) is 65.1 Å². The minimum absolute atomic E-state index is 0.516. The van der Waals surface area contributed by atoms with Crippen molar-refractivity contribution < 1.29 is 5.11 Å². The van der Waals surface area contributed by atoms with Gasteiger partial charge >= 0.3 is 0 Å². The van der Waals surface area contributed by atoms with Crippen molar-refractivity contribution in [3.63, 3.8) is 0 Å². The van der Waals surface area contributed by atoms with Crippen molar-refractivity contribution in [3.05, 3.63) is 16.4 Å². The van der Waals surface area contributed by atoms with E-state index in [1.807, 2.05) is 11.6 Å². The van der Waals surface area contributed by atoms with E-state index in [1.54, 1.807) is 0 Å². The number of aryl methyl sites for hydroxylation is 2. The van der Waals surface area contributed by atoms with E-state index in [0.29, 0.717) is 0 Å². The molecule has 1 atom stereocenters. The van der Waals surface area contributed by atoms with E-state index in [0.717, 1.165) is 68.3 Å². The number of aromatic nitrogens is 2. The first-order chi connectivity index (χ1) is 9.46. The number of hydrogen-bond donors (Lipinski definition) is 1. The molecule has 1 N–H and O–H groups in total. The summed E-state index contributed by atoms with van der Waals surface area (Å²) in [6.45, 7) is 9.73. The Morgan fingerprint density at radius 2 is 2.05 bits per heavy atom. The molecule has 1 aromatic rings. The highest BCUT2D eigenvalue weighted by atomic mass is 35.5. The number of rotatable bonds is 4. The zero-order valence-electron chi connectivity index (χ0n) is 12.8. The van der Waals surface area contributed by atoms with Gasteiger partial charge in [-0.05, 0) is 46.1 Å². The number of halogens is 1. The van der Waals surface area contributed by atoms with Crippen LogP contribution in [0.25, 0.3) is 0 Å². The van der Waals surface area contributed by atoms with Crippen molar-refractivity contribution in [1.82, 2.24) is 14.7 Å². The molecule has 1 aromatic heterocycles. The van der Waals surface area contributed by atoms with Crippen LogP contribution in [0.2, 0.25) is 5.02 Å². The largest absolute Gasteiger partial charge is 0.390 e. The van der Waals surface area contributed by atoms with Gasteiger partial charge in [-0.2, -0.15) is 5.10 Å². The van der Waals surface area contributed by atoms with Crippen LogP contribution in [0.5, 0.6) is 0 Å². The molecule has 0 saturated carbocycles. The monoisotopic (exact) mass is 299 g/mol. The van der Waals surface area contributed by atoms with Gasteiger partial charge in [0.15, 0.2) is 0 Å². The highest BCUT2D eigenvalue weighted by molar-refractivity contribution is 6.31. The molecule has 0 spiro atoms. The molecule has 2 rings (SSSR count). The first-order valence-electron chi connectivity index (χ1n) is 7.65. The van der Waals surface area contributed by atoms with Gasteiger partial charge in [-0.25, -0.2) is 0 Å².